The van der Waals surface area contributed by atoms with Crippen molar-refractivity contribution in [3.63, 3.8) is 0 Å². The second-order valence-electron chi connectivity index (χ2n) is 5.22. The number of amides is 1. The van der Waals surface area contributed by atoms with Gasteiger partial charge >= 0.3 is 0 Å². The lowest BCUT2D eigenvalue weighted by molar-refractivity contribution is -0.130. The van der Waals surface area contributed by atoms with Gasteiger partial charge in [0.25, 0.3) is 0 Å². The molecule has 1 aliphatic carbocycles. The largest absolute Gasteiger partial charge is 0.312 e. The van der Waals surface area contributed by atoms with Crippen LogP contribution in [0.1, 0.15) is 38.5 Å². The topological polar surface area (TPSA) is 44.4 Å². The third-order valence-corrected chi connectivity index (χ3v) is 3.83. The van der Waals surface area contributed by atoms with Crippen molar-refractivity contribution >= 4 is 5.91 Å². The van der Waals surface area contributed by atoms with Crippen LogP contribution in [0, 0.1) is 0 Å². The third-order valence-electron chi connectivity index (χ3n) is 3.83. The number of nitrogens with zero attached hydrogens (tertiary/aromatic N) is 1. The molecule has 0 radical (unpaired) electrons. The van der Waals surface area contributed by atoms with Crippen LogP contribution in [0.3, 0.4) is 0 Å². The van der Waals surface area contributed by atoms with E-state index in [1.807, 2.05) is 5.01 Å². The summed E-state index contributed by atoms with van der Waals surface area (Å²) in [6.07, 6.45) is 6.85. The number of hydrogen-bond acceptors (Lipinski definition) is 3. The van der Waals surface area contributed by atoms with E-state index in [1.54, 1.807) is 0 Å². The number of hydrazine groups is 1. The Morgan fingerprint density at radius 2 is 2.27 bits per heavy atom. The van der Waals surface area contributed by atoms with Gasteiger partial charge in [-0.3, -0.25) is 9.80 Å². The summed E-state index contributed by atoms with van der Waals surface area (Å²) in [4.78, 5) is 11.7. The Morgan fingerprint density at radius 3 is 2.87 bits per heavy atom. The van der Waals surface area contributed by atoms with Crippen molar-refractivity contribution in [1.82, 2.24) is 15.8 Å². The Bertz CT molecular complexity index is 269. The number of rotatable bonds is 2. The Morgan fingerprint density at radius 1 is 1.40 bits per heavy atom. The van der Waals surface area contributed by atoms with Crippen LogP contribution in [-0.4, -0.2) is 35.6 Å². The molecule has 3 rings (SSSR count). The van der Waals surface area contributed by atoms with Crippen molar-refractivity contribution in [3.8, 4) is 0 Å². The predicted molar refractivity (Wildman–Crippen MR) is 57.1 cm³/mol. The number of piperidine rings is 1. The molecule has 0 bridgehead atoms. The first-order chi connectivity index (χ1) is 7.27. The Hall–Kier alpha value is -0.610. The number of carbonyl (C=O) groups is 1. The molecular formula is C11H19N3O. The zero-order valence-electron chi connectivity index (χ0n) is 9.09. The standard InChI is InChI=1S/C11H19N3O/c15-10-7-11(4-5-11)13-14(10)8-9-3-1-2-6-12-9/h9,12-13H,1-8H2. The van der Waals surface area contributed by atoms with Gasteiger partial charge in [-0.05, 0) is 32.2 Å². The monoisotopic (exact) mass is 209 g/mol. The molecule has 1 spiro atoms. The van der Waals surface area contributed by atoms with E-state index in [4.69, 9.17) is 0 Å². The third kappa shape index (κ3) is 1.88. The summed E-state index contributed by atoms with van der Waals surface area (Å²) in [5.74, 6) is 0.292. The summed E-state index contributed by atoms with van der Waals surface area (Å²) in [6, 6.07) is 0.504. The van der Waals surface area contributed by atoms with Gasteiger partial charge in [0.15, 0.2) is 0 Å². The maximum Gasteiger partial charge on any atom is 0.238 e. The quantitative estimate of drug-likeness (QED) is 0.692. The average Bonchev–Trinajstić information content (AvgIpc) is 2.91. The lowest BCUT2D eigenvalue weighted by Gasteiger charge is -2.28. The molecule has 2 heterocycles. The minimum Gasteiger partial charge on any atom is -0.312 e. The highest BCUT2D eigenvalue weighted by molar-refractivity contribution is 5.80. The molecule has 1 unspecified atom stereocenters. The summed E-state index contributed by atoms with van der Waals surface area (Å²) < 4.78 is 0. The first-order valence-corrected chi connectivity index (χ1v) is 6.09. The molecule has 4 heteroatoms. The Kier molecular flexibility index (Phi) is 2.21. The molecule has 3 aliphatic rings. The molecule has 3 fully saturated rings. The second-order valence-corrected chi connectivity index (χ2v) is 5.22. The molecule has 84 valence electrons. The van der Waals surface area contributed by atoms with Crippen LogP contribution in [0.15, 0.2) is 0 Å². The maximum absolute atomic E-state index is 11.7. The van der Waals surface area contributed by atoms with E-state index in [1.165, 1.54) is 32.1 Å². The highest BCUT2D eigenvalue weighted by Crippen LogP contribution is 2.42. The fraction of sp³-hybridized carbons (Fsp3) is 0.909. The fourth-order valence-electron chi connectivity index (χ4n) is 2.66. The van der Waals surface area contributed by atoms with Crippen LogP contribution in [-0.2, 0) is 4.79 Å². The van der Waals surface area contributed by atoms with Gasteiger partial charge in [-0.15, -0.1) is 0 Å². The van der Waals surface area contributed by atoms with E-state index in [0.717, 1.165) is 19.5 Å². The summed E-state index contributed by atoms with van der Waals surface area (Å²) in [7, 11) is 0. The smallest absolute Gasteiger partial charge is 0.238 e. The van der Waals surface area contributed by atoms with Crippen molar-refractivity contribution in [3.05, 3.63) is 0 Å². The normalized spacial score (nSPS) is 33.7. The second kappa shape index (κ2) is 3.46. The number of carbonyl (C=O) groups excluding carboxylic acids is 1. The van der Waals surface area contributed by atoms with Gasteiger partial charge in [0.2, 0.25) is 5.91 Å². The molecular weight excluding hydrogens is 190 g/mol. The van der Waals surface area contributed by atoms with E-state index in [0.29, 0.717) is 11.9 Å². The Labute approximate surface area is 90.4 Å². The minimum atomic E-state index is 0.186. The Balaban J connectivity index is 1.56. The molecule has 1 atom stereocenters. The first-order valence-electron chi connectivity index (χ1n) is 6.09. The molecule has 15 heavy (non-hydrogen) atoms. The van der Waals surface area contributed by atoms with Crippen LogP contribution in [0.4, 0.5) is 0 Å². The summed E-state index contributed by atoms with van der Waals surface area (Å²) in [5, 5.41) is 5.34. The lowest BCUT2D eigenvalue weighted by atomic mass is 10.1. The highest BCUT2D eigenvalue weighted by Gasteiger charge is 2.51. The van der Waals surface area contributed by atoms with Crippen LogP contribution < -0.4 is 10.7 Å². The molecule has 0 aromatic heterocycles. The van der Waals surface area contributed by atoms with Crippen molar-refractivity contribution in [1.29, 1.82) is 0 Å². The van der Waals surface area contributed by atoms with Gasteiger partial charge in [-0.25, -0.2) is 5.43 Å². The van der Waals surface area contributed by atoms with Crippen molar-refractivity contribution in [2.24, 2.45) is 0 Å². The van der Waals surface area contributed by atoms with Gasteiger partial charge in [0.1, 0.15) is 0 Å². The van der Waals surface area contributed by atoms with E-state index < -0.39 is 0 Å². The molecule has 4 nitrogen and oxygen atoms in total. The van der Waals surface area contributed by atoms with Gasteiger partial charge < -0.3 is 5.32 Å². The zero-order valence-corrected chi connectivity index (χ0v) is 9.09. The van der Waals surface area contributed by atoms with Crippen LogP contribution in [0.5, 0.6) is 0 Å². The summed E-state index contributed by atoms with van der Waals surface area (Å²) in [6.45, 7) is 1.96. The van der Waals surface area contributed by atoms with E-state index in [9.17, 15) is 4.79 Å². The molecule has 2 aliphatic heterocycles. The van der Waals surface area contributed by atoms with Crippen molar-refractivity contribution in [2.45, 2.75) is 50.1 Å². The van der Waals surface area contributed by atoms with E-state index in [-0.39, 0.29) is 5.54 Å². The van der Waals surface area contributed by atoms with E-state index in [2.05, 4.69) is 10.7 Å². The van der Waals surface area contributed by atoms with Gasteiger partial charge in [-0.1, -0.05) is 6.42 Å². The van der Waals surface area contributed by atoms with Crippen molar-refractivity contribution in [2.75, 3.05) is 13.1 Å². The molecule has 1 saturated carbocycles. The summed E-state index contributed by atoms with van der Waals surface area (Å²) >= 11 is 0. The van der Waals surface area contributed by atoms with Crippen LogP contribution in [0.25, 0.3) is 0 Å². The SMILES string of the molecule is O=C1CC2(CC2)NN1CC1CCCCN1. The average molecular weight is 209 g/mol. The lowest BCUT2D eigenvalue weighted by Crippen LogP contribution is -2.48. The zero-order chi connectivity index (χ0) is 10.3. The van der Waals surface area contributed by atoms with Gasteiger partial charge in [0, 0.05) is 18.0 Å². The van der Waals surface area contributed by atoms with Gasteiger partial charge in [0.05, 0.1) is 6.54 Å². The molecule has 0 aromatic rings. The molecule has 0 aromatic carbocycles. The maximum atomic E-state index is 11.7. The minimum absolute atomic E-state index is 0.186. The number of hydrogen-bond donors (Lipinski definition) is 2. The van der Waals surface area contributed by atoms with Crippen molar-refractivity contribution < 1.29 is 4.79 Å². The predicted octanol–water partition coefficient (Wildman–Crippen LogP) is 0.398. The molecule has 1 amide bonds. The molecule has 2 saturated heterocycles. The number of nitrogens with one attached hydrogen (secondary N) is 2. The summed E-state index contributed by atoms with van der Waals surface area (Å²) in [5.41, 5.74) is 3.57. The van der Waals surface area contributed by atoms with Crippen LogP contribution >= 0.6 is 0 Å². The van der Waals surface area contributed by atoms with Gasteiger partial charge in [-0.2, -0.15) is 0 Å². The first kappa shape index (κ1) is 9.60. The van der Waals surface area contributed by atoms with Crippen LogP contribution in [0.2, 0.25) is 0 Å². The highest BCUT2D eigenvalue weighted by atomic mass is 16.2. The van der Waals surface area contributed by atoms with E-state index >= 15 is 0 Å². The fourth-order valence-corrected chi connectivity index (χ4v) is 2.66. The molecule has 2 N–H and O–H groups in total.